The second-order valence-corrected chi connectivity index (χ2v) is 5.77. The summed E-state index contributed by atoms with van der Waals surface area (Å²) in [5, 5.41) is 9.66. The molecular formula is C13H12ClFO2. The zero-order valence-electron chi connectivity index (χ0n) is 9.17. The van der Waals surface area contributed by atoms with E-state index in [4.69, 9.17) is 11.6 Å². The number of benzene rings is 1. The van der Waals surface area contributed by atoms with Crippen molar-refractivity contribution in [3.05, 3.63) is 34.6 Å². The van der Waals surface area contributed by atoms with Crippen molar-refractivity contribution in [2.24, 2.45) is 5.41 Å². The molecule has 1 N–H and O–H groups in total. The fourth-order valence-corrected chi connectivity index (χ4v) is 3.44. The van der Waals surface area contributed by atoms with E-state index in [9.17, 15) is 14.3 Å². The Kier molecular flexibility index (Phi) is 2.09. The van der Waals surface area contributed by atoms with Crippen LogP contribution in [0.3, 0.4) is 0 Å². The zero-order chi connectivity index (χ0) is 12.3. The lowest BCUT2D eigenvalue weighted by Gasteiger charge is -2.46. The van der Waals surface area contributed by atoms with Crippen LogP contribution in [0.5, 0.6) is 0 Å². The molecule has 2 aliphatic carbocycles. The van der Waals surface area contributed by atoms with Gasteiger partial charge in [-0.15, -0.1) is 0 Å². The highest BCUT2D eigenvalue weighted by Gasteiger charge is 2.65. The maximum atomic E-state index is 13.0. The van der Waals surface area contributed by atoms with Gasteiger partial charge in [0.25, 0.3) is 0 Å². The molecule has 0 amide bonds. The van der Waals surface area contributed by atoms with Gasteiger partial charge in [0.05, 0.1) is 5.41 Å². The van der Waals surface area contributed by atoms with Crippen molar-refractivity contribution < 1.29 is 14.3 Å². The molecular weight excluding hydrogens is 243 g/mol. The summed E-state index contributed by atoms with van der Waals surface area (Å²) in [6.45, 7) is 0. The van der Waals surface area contributed by atoms with Crippen LogP contribution in [0.2, 0.25) is 5.02 Å². The van der Waals surface area contributed by atoms with Crippen LogP contribution in [-0.4, -0.2) is 11.1 Å². The van der Waals surface area contributed by atoms with Crippen LogP contribution in [0.15, 0.2) is 18.2 Å². The van der Waals surface area contributed by atoms with Gasteiger partial charge in [0.15, 0.2) is 0 Å². The van der Waals surface area contributed by atoms with E-state index in [-0.39, 0.29) is 10.4 Å². The molecule has 17 heavy (non-hydrogen) atoms. The number of hydrogen-bond donors (Lipinski definition) is 1. The Labute approximate surface area is 103 Å². The lowest BCUT2D eigenvalue weighted by molar-refractivity contribution is -0.150. The molecule has 2 fully saturated rings. The average molecular weight is 255 g/mol. The number of carbonyl (C=O) groups is 1. The molecule has 2 saturated carbocycles. The Bertz CT molecular complexity index is 500. The van der Waals surface area contributed by atoms with Crippen molar-refractivity contribution in [1.29, 1.82) is 0 Å². The monoisotopic (exact) mass is 254 g/mol. The maximum Gasteiger partial charge on any atom is 0.314 e. The summed E-state index contributed by atoms with van der Waals surface area (Å²) in [5.74, 6) is -1.27. The van der Waals surface area contributed by atoms with Gasteiger partial charge in [-0.05, 0) is 48.8 Å². The summed E-state index contributed by atoms with van der Waals surface area (Å²) in [6, 6.07) is 3.99. The van der Waals surface area contributed by atoms with Crippen LogP contribution in [0.4, 0.5) is 4.39 Å². The summed E-state index contributed by atoms with van der Waals surface area (Å²) >= 11 is 5.98. The fraction of sp³-hybridized carbons (Fsp3) is 0.462. The molecule has 3 rings (SSSR count). The molecule has 0 bridgehead atoms. The van der Waals surface area contributed by atoms with Gasteiger partial charge in [0, 0.05) is 5.02 Å². The summed E-state index contributed by atoms with van der Waals surface area (Å²) in [4.78, 5) is 11.5. The van der Waals surface area contributed by atoms with Gasteiger partial charge in [0.1, 0.15) is 5.82 Å². The van der Waals surface area contributed by atoms with Gasteiger partial charge in [-0.3, -0.25) is 4.79 Å². The second kappa shape index (κ2) is 3.22. The summed E-state index contributed by atoms with van der Waals surface area (Å²) < 4.78 is 13.0. The molecule has 90 valence electrons. The van der Waals surface area contributed by atoms with Crippen LogP contribution >= 0.6 is 11.6 Å². The summed E-state index contributed by atoms with van der Waals surface area (Å²) in [5.41, 5.74) is -0.0807. The van der Waals surface area contributed by atoms with E-state index >= 15 is 0 Å². The normalized spacial score (nSPS) is 23.2. The maximum absolute atomic E-state index is 13.0. The first-order valence-electron chi connectivity index (χ1n) is 5.67. The number of carboxylic acids is 1. The Balaban J connectivity index is 2.02. The Hall–Kier alpha value is -1.09. The topological polar surface area (TPSA) is 37.3 Å². The van der Waals surface area contributed by atoms with Crippen molar-refractivity contribution in [3.8, 4) is 0 Å². The number of hydrogen-bond acceptors (Lipinski definition) is 1. The Morgan fingerprint density at radius 1 is 1.35 bits per heavy atom. The SMILES string of the molecule is O=C(O)C1(c2ccc(F)cc2Cl)CC2(CC2)C1. The Morgan fingerprint density at radius 2 is 2.00 bits per heavy atom. The first-order valence-corrected chi connectivity index (χ1v) is 6.04. The van der Waals surface area contributed by atoms with Crippen LogP contribution in [-0.2, 0) is 10.2 Å². The third-order valence-corrected chi connectivity index (χ3v) is 4.48. The van der Waals surface area contributed by atoms with E-state index in [1.165, 1.54) is 18.2 Å². The quantitative estimate of drug-likeness (QED) is 0.879. The van der Waals surface area contributed by atoms with Gasteiger partial charge in [-0.25, -0.2) is 4.39 Å². The number of aliphatic carboxylic acids is 1. The van der Waals surface area contributed by atoms with E-state index in [0.29, 0.717) is 18.4 Å². The van der Waals surface area contributed by atoms with Crippen molar-refractivity contribution >= 4 is 17.6 Å². The van der Waals surface area contributed by atoms with Crippen LogP contribution in [0.25, 0.3) is 0 Å². The number of rotatable bonds is 2. The van der Waals surface area contributed by atoms with Crippen LogP contribution < -0.4 is 0 Å². The fourth-order valence-electron chi connectivity index (χ4n) is 3.09. The molecule has 0 aliphatic heterocycles. The number of carboxylic acid groups (broad SMARTS) is 1. The standard InChI is InChI=1S/C13H12ClFO2/c14-10-5-8(15)1-2-9(10)13(11(16)17)6-12(7-13)3-4-12/h1-2,5H,3-4,6-7H2,(H,16,17). The highest BCUT2D eigenvalue weighted by molar-refractivity contribution is 6.31. The lowest BCUT2D eigenvalue weighted by atomic mass is 9.56. The molecule has 4 heteroatoms. The van der Waals surface area contributed by atoms with Gasteiger partial charge in [-0.1, -0.05) is 17.7 Å². The minimum Gasteiger partial charge on any atom is -0.481 e. The third-order valence-electron chi connectivity index (χ3n) is 4.17. The van der Waals surface area contributed by atoms with Gasteiger partial charge in [-0.2, -0.15) is 0 Å². The molecule has 0 atom stereocenters. The van der Waals surface area contributed by atoms with Crippen LogP contribution in [0.1, 0.15) is 31.2 Å². The Morgan fingerprint density at radius 3 is 2.47 bits per heavy atom. The highest BCUT2D eigenvalue weighted by atomic mass is 35.5. The van der Waals surface area contributed by atoms with E-state index < -0.39 is 17.2 Å². The van der Waals surface area contributed by atoms with Gasteiger partial charge >= 0.3 is 5.97 Å². The molecule has 0 radical (unpaired) electrons. The van der Waals surface area contributed by atoms with Crippen molar-refractivity contribution in [2.75, 3.05) is 0 Å². The van der Waals surface area contributed by atoms with Crippen molar-refractivity contribution in [3.63, 3.8) is 0 Å². The van der Waals surface area contributed by atoms with E-state index in [2.05, 4.69) is 0 Å². The minimum atomic E-state index is -0.888. The first kappa shape index (κ1) is 11.0. The third kappa shape index (κ3) is 1.48. The molecule has 2 nitrogen and oxygen atoms in total. The van der Waals surface area contributed by atoms with E-state index in [1.807, 2.05) is 0 Å². The predicted molar refractivity (Wildman–Crippen MR) is 61.6 cm³/mol. The van der Waals surface area contributed by atoms with E-state index in [1.54, 1.807) is 0 Å². The second-order valence-electron chi connectivity index (χ2n) is 5.36. The first-order chi connectivity index (χ1) is 7.97. The van der Waals surface area contributed by atoms with Crippen molar-refractivity contribution in [2.45, 2.75) is 31.1 Å². The molecule has 1 aromatic carbocycles. The summed E-state index contributed by atoms with van der Waals surface area (Å²) in [6.07, 6.45) is 3.50. The average Bonchev–Trinajstić information content (AvgIpc) is 2.94. The van der Waals surface area contributed by atoms with Crippen LogP contribution in [0, 0.1) is 11.2 Å². The van der Waals surface area contributed by atoms with E-state index in [0.717, 1.165) is 12.8 Å². The highest BCUT2D eigenvalue weighted by Crippen LogP contribution is 2.69. The molecule has 1 spiro atoms. The molecule has 0 unspecified atom stereocenters. The molecule has 1 aromatic rings. The van der Waals surface area contributed by atoms with Gasteiger partial charge < -0.3 is 5.11 Å². The molecule has 0 heterocycles. The minimum absolute atomic E-state index is 0.225. The lowest BCUT2D eigenvalue weighted by Crippen LogP contribution is -2.49. The largest absolute Gasteiger partial charge is 0.481 e. The van der Waals surface area contributed by atoms with Crippen molar-refractivity contribution in [1.82, 2.24) is 0 Å². The molecule has 2 aliphatic rings. The predicted octanol–water partition coefficient (Wildman–Crippen LogP) is 3.38. The smallest absolute Gasteiger partial charge is 0.314 e. The van der Waals surface area contributed by atoms with Gasteiger partial charge in [0.2, 0.25) is 0 Å². The number of halogens is 2. The molecule has 0 saturated heterocycles. The summed E-state index contributed by atoms with van der Waals surface area (Å²) in [7, 11) is 0. The zero-order valence-corrected chi connectivity index (χ0v) is 9.93. The molecule has 0 aromatic heterocycles.